The van der Waals surface area contributed by atoms with Gasteiger partial charge in [0.05, 0.1) is 17.3 Å². The van der Waals surface area contributed by atoms with Crippen molar-refractivity contribution in [1.29, 1.82) is 0 Å². The fraction of sp³-hybridized carbons (Fsp3) is 0.435. The van der Waals surface area contributed by atoms with Gasteiger partial charge in [-0.2, -0.15) is 0 Å². The van der Waals surface area contributed by atoms with Crippen LogP contribution in [0.25, 0.3) is 0 Å². The summed E-state index contributed by atoms with van der Waals surface area (Å²) in [7, 11) is -1.84. The number of sulfone groups is 1. The second-order valence-electron chi connectivity index (χ2n) is 7.72. The van der Waals surface area contributed by atoms with Gasteiger partial charge in [-0.25, -0.2) is 8.42 Å². The summed E-state index contributed by atoms with van der Waals surface area (Å²) in [5.41, 5.74) is 3.65. The first-order valence-corrected chi connectivity index (χ1v) is 11.6. The van der Waals surface area contributed by atoms with E-state index in [1.54, 1.807) is 36.3 Å². The zero-order valence-electron chi connectivity index (χ0n) is 17.3. The molecule has 2 aromatic carbocycles. The number of rotatable bonds is 6. The molecular weight excluding hydrogens is 386 g/mol. The molecule has 2 aromatic rings. The molecule has 0 aliphatic carbocycles. The van der Waals surface area contributed by atoms with Gasteiger partial charge in [-0.3, -0.25) is 4.79 Å². The topological polar surface area (TPSA) is 63.7 Å². The van der Waals surface area contributed by atoms with Crippen LogP contribution in [0.3, 0.4) is 0 Å². The van der Waals surface area contributed by atoms with Crippen molar-refractivity contribution >= 4 is 15.7 Å². The summed E-state index contributed by atoms with van der Waals surface area (Å²) in [6, 6.07) is 12.8. The van der Waals surface area contributed by atoms with Crippen LogP contribution < -0.4 is 4.74 Å². The van der Waals surface area contributed by atoms with E-state index in [0.717, 1.165) is 0 Å². The van der Waals surface area contributed by atoms with Crippen LogP contribution in [0.15, 0.2) is 47.4 Å². The highest BCUT2D eigenvalue weighted by molar-refractivity contribution is 7.92. The summed E-state index contributed by atoms with van der Waals surface area (Å²) in [4.78, 5) is 14.7. The Morgan fingerprint density at radius 1 is 1.03 bits per heavy atom. The van der Waals surface area contributed by atoms with Crippen molar-refractivity contribution in [3.8, 4) is 5.75 Å². The van der Waals surface area contributed by atoms with Gasteiger partial charge in [-0.1, -0.05) is 18.2 Å². The minimum absolute atomic E-state index is 0.100. The van der Waals surface area contributed by atoms with Crippen LogP contribution in [0.5, 0.6) is 5.75 Å². The van der Waals surface area contributed by atoms with Crippen LogP contribution in [0, 0.1) is 13.8 Å². The Kier molecular flexibility index (Phi) is 6.63. The largest absolute Gasteiger partial charge is 0.497 e. The quantitative estimate of drug-likeness (QED) is 0.722. The first-order chi connectivity index (χ1) is 13.8. The minimum Gasteiger partial charge on any atom is -0.497 e. The molecule has 0 N–H and O–H groups in total. The van der Waals surface area contributed by atoms with Crippen molar-refractivity contribution < 1.29 is 17.9 Å². The SMILES string of the molecule is COc1ccc(S(=O)(=O)C2CCN(C(=O)CCc3ccc(C)c(C)c3)CC2)cc1. The Hall–Kier alpha value is -2.34. The van der Waals surface area contributed by atoms with Gasteiger partial charge in [0.15, 0.2) is 9.84 Å². The minimum atomic E-state index is -3.39. The van der Waals surface area contributed by atoms with E-state index < -0.39 is 15.1 Å². The van der Waals surface area contributed by atoms with E-state index in [4.69, 9.17) is 4.74 Å². The second kappa shape index (κ2) is 8.99. The van der Waals surface area contributed by atoms with Crippen molar-refractivity contribution in [3.63, 3.8) is 0 Å². The van der Waals surface area contributed by atoms with E-state index in [-0.39, 0.29) is 5.91 Å². The van der Waals surface area contributed by atoms with Crippen molar-refractivity contribution in [2.24, 2.45) is 0 Å². The molecule has 5 nitrogen and oxygen atoms in total. The van der Waals surface area contributed by atoms with Crippen molar-refractivity contribution in [1.82, 2.24) is 4.90 Å². The van der Waals surface area contributed by atoms with E-state index in [1.165, 1.54) is 16.7 Å². The number of ether oxygens (including phenoxy) is 1. The van der Waals surface area contributed by atoms with Gasteiger partial charge in [-0.05, 0) is 74.1 Å². The Balaban J connectivity index is 1.54. The first kappa shape index (κ1) is 21.4. The smallest absolute Gasteiger partial charge is 0.222 e. The number of nitrogens with zero attached hydrogens (tertiary/aromatic N) is 1. The molecule has 29 heavy (non-hydrogen) atoms. The van der Waals surface area contributed by atoms with E-state index in [1.807, 2.05) is 0 Å². The van der Waals surface area contributed by atoms with Gasteiger partial charge in [0, 0.05) is 19.5 Å². The maximum absolute atomic E-state index is 12.9. The molecule has 1 aliphatic heterocycles. The zero-order chi connectivity index (χ0) is 21.0. The lowest BCUT2D eigenvalue weighted by Gasteiger charge is -2.32. The number of hydrogen-bond acceptors (Lipinski definition) is 4. The van der Waals surface area contributed by atoms with Crippen LogP contribution in [0.4, 0.5) is 0 Å². The molecule has 0 bridgehead atoms. The maximum Gasteiger partial charge on any atom is 0.222 e. The average molecular weight is 416 g/mol. The Bertz CT molecular complexity index is 959. The predicted octanol–water partition coefficient (Wildman–Crippen LogP) is 3.71. The highest BCUT2D eigenvalue weighted by atomic mass is 32.2. The second-order valence-corrected chi connectivity index (χ2v) is 9.95. The summed E-state index contributed by atoms with van der Waals surface area (Å²) in [5, 5.41) is -0.445. The monoisotopic (exact) mass is 415 g/mol. The van der Waals surface area contributed by atoms with Gasteiger partial charge < -0.3 is 9.64 Å². The molecule has 1 heterocycles. The van der Waals surface area contributed by atoms with Gasteiger partial charge in [0.25, 0.3) is 0 Å². The van der Waals surface area contributed by atoms with Crippen LogP contribution in [-0.2, 0) is 21.1 Å². The standard InChI is InChI=1S/C23H29NO4S/c1-17-4-5-19(16-18(17)2)6-11-23(25)24-14-12-22(13-15-24)29(26,27)21-9-7-20(28-3)8-10-21/h4-5,7-10,16,22H,6,11-15H2,1-3H3. The van der Waals surface area contributed by atoms with Crippen molar-refractivity contribution in [2.45, 2.75) is 49.7 Å². The third-order valence-corrected chi connectivity index (χ3v) is 8.10. The third kappa shape index (κ3) is 4.99. The number of methoxy groups -OCH3 is 1. The molecule has 0 spiro atoms. The average Bonchev–Trinajstić information content (AvgIpc) is 2.74. The molecular formula is C23H29NO4S. The van der Waals surface area contributed by atoms with Crippen LogP contribution in [0.2, 0.25) is 0 Å². The zero-order valence-corrected chi connectivity index (χ0v) is 18.2. The Labute approximate surface area is 173 Å². The van der Waals surface area contributed by atoms with Gasteiger partial charge >= 0.3 is 0 Å². The Morgan fingerprint density at radius 2 is 1.69 bits per heavy atom. The summed E-state index contributed by atoms with van der Waals surface area (Å²) in [6.45, 7) is 5.14. The van der Waals surface area contributed by atoms with Gasteiger partial charge in [0.2, 0.25) is 5.91 Å². The number of likely N-dealkylation sites (tertiary alicyclic amines) is 1. The molecule has 156 valence electrons. The summed E-state index contributed by atoms with van der Waals surface area (Å²) in [6.07, 6.45) is 2.12. The highest BCUT2D eigenvalue weighted by Gasteiger charge is 2.32. The van der Waals surface area contributed by atoms with Crippen molar-refractivity contribution in [2.75, 3.05) is 20.2 Å². The molecule has 0 saturated carbocycles. The summed E-state index contributed by atoms with van der Waals surface area (Å²) < 4.78 is 30.9. The summed E-state index contributed by atoms with van der Waals surface area (Å²) >= 11 is 0. The van der Waals surface area contributed by atoms with Gasteiger partial charge in [0.1, 0.15) is 5.75 Å². The van der Waals surface area contributed by atoms with Crippen LogP contribution >= 0.6 is 0 Å². The molecule has 0 aromatic heterocycles. The molecule has 1 saturated heterocycles. The number of amides is 1. The molecule has 0 unspecified atom stereocenters. The van der Waals surface area contributed by atoms with E-state index >= 15 is 0 Å². The van der Waals surface area contributed by atoms with Gasteiger partial charge in [-0.15, -0.1) is 0 Å². The fourth-order valence-electron chi connectivity index (χ4n) is 3.74. The molecule has 1 aliphatic rings. The van der Waals surface area contributed by atoms with Crippen LogP contribution in [-0.4, -0.2) is 44.7 Å². The Morgan fingerprint density at radius 3 is 2.28 bits per heavy atom. The molecule has 1 fully saturated rings. The van der Waals surface area contributed by atoms with Crippen molar-refractivity contribution in [3.05, 3.63) is 59.2 Å². The van der Waals surface area contributed by atoms with Crippen LogP contribution in [0.1, 0.15) is 36.0 Å². The number of piperidine rings is 1. The molecule has 1 amide bonds. The summed E-state index contributed by atoms with van der Waals surface area (Å²) in [5.74, 6) is 0.733. The molecule has 0 atom stereocenters. The predicted molar refractivity (Wildman–Crippen MR) is 114 cm³/mol. The lowest BCUT2D eigenvalue weighted by molar-refractivity contribution is -0.132. The lowest BCUT2D eigenvalue weighted by Crippen LogP contribution is -2.42. The molecule has 0 radical (unpaired) electrons. The van der Waals surface area contributed by atoms with E-state index in [0.29, 0.717) is 49.4 Å². The number of aryl methyl sites for hydroxylation is 3. The molecule has 6 heteroatoms. The number of hydrogen-bond donors (Lipinski definition) is 0. The first-order valence-electron chi connectivity index (χ1n) is 10.0. The maximum atomic E-state index is 12.9. The number of carbonyl (C=O) groups is 1. The number of carbonyl (C=O) groups excluding carboxylic acids is 1. The molecule has 3 rings (SSSR count). The fourth-order valence-corrected chi connectivity index (χ4v) is 5.47. The van der Waals surface area contributed by atoms with E-state index in [9.17, 15) is 13.2 Å². The van der Waals surface area contributed by atoms with E-state index in [2.05, 4.69) is 32.0 Å². The lowest BCUT2D eigenvalue weighted by atomic mass is 10.0. The highest BCUT2D eigenvalue weighted by Crippen LogP contribution is 2.26. The number of benzene rings is 2. The third-order valence-electron chi connectivity index (χ3n) is 5.82. The normalized spacial score (nSPS) is 15.3.